The molecule has 1 amide bonds. The largest absolute Gasteiger partial charge is 0.497 e. The van der Waals surface area contributed by atoms with E-state index in [4.69, 9.17) is 4.74 Å². The van der Waals surface area contributed by atoms with Crippen LogP contribution in [-0.4, -0.2) is 34.7 Å². The average Bonchev–Trinajstić information content (AvgIpc) is 3.05. The molecule has 0 fully saturated rings. The number of hydrogen-bond acceptors (Lipinski definition) is 4. The number of rotatable bonds is 2. The average molecular weight is 308 g/mol. The molecule has 2 N–H and O–H groups in total. The van der Waals surface area contributed by atoms with E-state index in [9.17, 15) is 4.79 Å². The lowest BCUT2D eigenvalue weighted by Crippen LogP contribution is -2.35. The lowest BCUT2D eigenvalue weighted by atomic mass is 9.87. The topological polar surface area (TPSA) is 79.9 Å². The Balaban J connectivity index is 2.02. The van der Waals surface area contributed by atoms with Gasteiger partial charge in [-0.25, -0.2) is 4.98 Å². The van der Waals surface area contributed by atoms with Gasteiger partial charge in [0.1, 0.15) is 5.75 Å². The maximum atomic E-state index is 12.5. The third-order valence-corrected chi connectivity index (χ3v) is 4.29. The highest BCUT2D eigenvalue weighted by Gasteiger charge is 2.29. The monoisotopic (exact) mass is 308 g/mol. The van der Waals surface area contributed by atoms with Crippen molar-refractivity contribution in [2.24, 2.45) is 0 Å². The number of H-pyrrole nitrogens is 1. The summed E-state index contributed by atoms with van der Waals surface area (Å²) in [5.41, 5.74) is 3.91. The van der Waals surface area contributed by atoms with Gasteiger partial charge in [0.15, 0.2) is 5.65 Å². The first kappa shape index (κ1) is 13.8. The van der Waals surface area contributed by atoms with Gasteiger partial charge in [-0.2, -0.15) is 5.10 Å². The highest BCUT2D eigenvalue weighted by Crippen LogP contribution is 2.36. The second kappa shape index (κ2) is 5.08. The van der Waals surface area contributed by atoms with Crippen molar-refractivity contribution >= 4 is 16.9 Å². The van der Waals surface area contributed by atoms with E-state index in [1.54, 1.807) is 13.3 Å². The highest BCUT2D eigenvalue weighted by atomic mass is 16.5. The molecule has 116 valence electrons. The molecule has 0 radical (unpaired) electrons. The lowest BCUT2D eigenvalue weighted by Gasteiger charge is -2.25. The number of hydrogen-bond donors (Lipinski definition) is 2. The van der Waals surface area contributed by atoms with Gasteiger partial charge in [-0.1, -0.05) is 6.92 Å². The lowest BCUT2D eigenvalue weighted by molar-refractivity contribution is 0.0942. The number of pyridine rings is 1. The van der Waals surface area contributed by atoms with Gasteiger partial charge in [0.25, 0.3) is 5.91 Å². The van der Waals surface area contributed by atoms with Crippen LogP contribution < -0.4 is 10.1 Å². The summed E-state index contributed by atoms with van der Waals surface area (Å²) in [7, 11) is 1.63. The maximum absolute atomic E-state index is 12.5. The molecule has 0 spiro atoms. The molecule has 6 nitrogen and oxygen atoms in total. The van der Waals surface area contributed by atoms with E-state index in [0.717, 1.165) is 22.3 Å². The molecule has 1 aromatic carbocycles. The number of benzene rings is 1. The minimum atomic E-state index is -0.0838. The second-order valence-corrected chi connectivity index (χ2v) is 5.72. The van der Waals surface area contributed by atoms with Crippen molar-refractivity contribution in [2.45, 2.75) is 12.8 Å². The van der Waals surface area contributed by atoms with Crippen molar-refractivity contribution in [3.63, 3.8) is 0 Å². The molecule has 1 aliphatic heterocycles. The number of ether oxygens (including phenoxy) is 1. The van der Waals surface area contributed by atoms with Gasteiger partial charge in [-0.3, -0.25) is 9.89 Å². The van der Waals surface area contributed by atoms with Crippen molar-refractivity contribution in [3.05, 3.63) is 41.6 Å². The zero-order valence-electron chi connectivity index (χ0n) is 12.9. The summed E-state index contributed by atoms with van der Waals surface area (Å²) in [5, 5.41) is 10.9. The molecule has 0 saturated heterocycles. The molecule has 1 aliphatic rings. The van der Waals surface area contributed by atoms with E-state index in [0.29, 0.717) is 23.4 Å². The van der Waals surface area contributed by atoms with E-state index < -0.39 is 0 Å². The predicted molar refractivity (Wildman–Crippen MR) is 86.6 cm³/mol. The number of methoxy groups -OCH3 is 1. The quantitative estimate of drug-likeness (QED) is 0.762. The Morgan fingerprint density at radius 3 is 2.78 bits per heavy atom. The summed E-state index contributed by atoms with van der Waals surface area (Å²) in [6.45, 7) is 2.72. The minimum Gasteiger partial charge on any atom is -0.497 e. The molecule has 6 heteroatoms. The van der Waals surface area contributed by atoms with Crippen LogP contribution in [-0.2, 0) is 0 Å². The molecule has 0 bridgehead atoms. The molecule has 0 aliphatic carbocycles. The fourth-order valence-electron chi connectivity index (χ4n) is 3.13. The first-order valence-corrected chi connectivity index (χ1v) is 7.48. The van der Waals surface area contributed by atoms with E-state index in [-0.39, 0.29) is 11.8 Å². The van der Waals surface area contributed by atoms with Crippen LogP contribution in [0.15, 0.2) is 30.5 Å². The Morgan fingerprint density at radius 2 is 2.04 bits per heavy atom. The van der Waals surface area contributed by atoms with Gasteiger partial charge in [-0.05, 0) is 29.8 Å². The van der Waals surface area contributed by atoms with Crippen LogP contribution in [0, 0.1) is 0 Å². The number of carbonyl (C=O) groups excluding carboxylic acids is 1. The summed E-state index contributed by atoms with van der Waals surface area (Å²) in [5.74, 6) is 0.894. The Labute approximate surface area is 132 Å². The van der Waals surface area contributed by atoms with E-state index in [2.05, 4.69) is 27.4 Å². The van der Waals surface area contributed by atoms with Gasteiger partial charge in [-0.15, -0.1) is 0 Å². The van der Waals surface area contributed by atoms with Crippen molar-refractivity contribution < 1.29 is 9.53 Å². The fraction of sp³-hybridized carbons (Fsp3) is 0.235. The standard InChI is InChI=1S/C17H16N4O2/c1-9-7-18-17(22)14-13(9)12-8-19-21-16(12)20-15(14)10-3-5-11(23-2)6-4-10/h3-6,8-9H,7H2,1-2H3,(H,18,22)(H,19,20,21). The molecule has 23 heavy (non-hydrogen) atoms. The number of fused-ring (bicyclic) bond motifs is 3. The third-order valence-electron chi connectivity index (χ3n) is 4.29. The molecule has 1 unspecified atom stereocenters. The van der Waals surface area contributed by atoms with Gasteiger partial charge in [0.2, 0.25) is 0 Å². The van der Waals surface area contributed by atoms with Crippen LogP contribution in [0.25, 0.3) is 22.3 Å². The predicted octanol–water partition coefficient (Wildman–Crippen LogP) is 2.48. The maximum Gasteiger partial charge on any atom is 0.253 e. The number of amides is 1. The molecule has 3 heterocycles. The summed E-state index contributed by atoms with van der Waals surface area (Å²) < 4.78 is 5.20. The smallest absolute Gasteiger partial charge is 0.253 e. The third kappa shape index (κ3) is 2.06. The normalized spacial score (nSPS) is 17.0. The van der Waals surface area contributed by atoms with Crippen LogP contribution >= 0.6 is 0 Å². The molecular formula is C17H16N4O2. The van der Waals surface area contributed by atoms with Crippen LogP contribution in [0.1, 0.15) is 28.8 Å². The number of aromatic nitrogens is 3. The van der Waals surface area contributed by atoms with Crippen molar-refractivity contribution in [1.82, 2.24) is 20.5 Å². The number of nitrogens with zero attached hydrogens (tertiary/aromatic N) is 2. The Hall–Kier alpha value is -2.89. The summed E-state index contributed by atoms with van der Waals surface area (Å²) >= 11 is 0. The van der Waals surface area contributed by atoms with Gasteiger partial charge < -0.3 is 10.1 Å². The molecule has 0 saturated carbocycles. The van der Waals surface area contributed by atoms with Crippen LogP contribution in [0.2, 0.25) is 0 Å². The zero-order valence-corrected chi connectivity index (χ0v) is 12.9. The first-order valence-electron chi connectivity index (χ1n) is 7.48. The van der Waals surface area contributed by atoms with E-state index in [1.807, 2.05) is 24.3 Å². The van der Waals surface area contributed by atoms with Crippen LogP contribution in [0.3, 0.4) is 0 Å². The first-order chi connectivity index (χ1) is 11.2. The van der Waals surface area contributed by atoms with Crippen molar-refractivity contribution in [3.8, 4) is 17.0 Å². The minimum absolute atomic E-state index is 0.0838. The van der Waals surface area contributed by atoms with E-state index >= 15 is 0 Å². The Kier molecular flexibility index (Phi) is 3.04. The van der Waals surface area contributed by atoms with Gasteiger partial charge in [0, 0.05) is 23.4 Å². The van der Waals surface area contributed by atoms with E-state index in [1.165, 1.54) is 0 Å². The molecule has 4 rings (SSSR count). The zero-order chi connectivity index (χ0) is 16.0. The molecule has 3 aromatic rings. The Bertz CT molecular complexity index is 899. The Morgan fingerprint density at radius 1 is 1.26 bits per heavy atom. The molecule has 1 atom stereocenters. The highest BCUT2D eigenvalue weighted by molar-refractivity contribution is 6.06. The van der Waals surface area contributed by atoms with Crippen LogP contribution in [0.4, 0.5) is 0 Å². The second-order valence-electron chi connectivity index (χ2n) is 5.72. The van der Waals surface area contributed by atoms with Crippen LogP contribution in [0.5, 0.6) is 5.75 Å². The number of carbonyl (C=O) groups is 1. The summed E-state index contributed by atoms with van der Waals surface area (Å²) in [6, 6.07) is 7.56. The number of nitrogens with one attached hydrogen (secondary N) is 2. The van der Waals surface area contributed by atoms with Crippen molar-refractivity contribution in [2.75, 3.05) is 13.7 Å². The number of aromatic amines is 1. The fourth-order valence-corrected chi connectivity index (χ4v) is 3.13. The summed E-state index contributed by atoms with van der Waals surface area (Å²) in [6.07, 6.45) is 1.74. The van der Waals surface area contributed by atoms with Gasteiger partial charge in [0.05, 0.1) is 24.6 Å². The molecular weight excluding hydrogens is 292 g/mol. The SMILES string of the molecule is COc1ccc(-c2nc3[nH]ncc3c3c2C(=O)NCC3C)cc1. The molecule has 2 aromatic heterocycles. The van der Waals surface area contributed by atoms with Gasteiger partial charge >= 0.3 is 0 Å². The van der Waals surface area contributed by atoms with Crippen molar-refractivity contribution in [1.29, 1.82) is 0 Å². The summed E-state index contributed by atoms with van der Waals surface area (Å²) in [4.78, 5) is 17.1.